The van der Waals surface area contributed by atoms with Gasteiger partial charge in [-0.15, -0.1) is 0 Å². The molecule has 0 aliphatic rings. The number of alkyl halides is 3. The van der Waals surface area contributed by atoms with Gasteiger partial charge in [0.05, 0.1) is 6.20 Å². The van der Waals surface area contributed by atoms with Gasteiger partial charge in [0, 0.05) is 26.5 Å². The summed E-state index contributed by atoms with van der Waals surface area (Å²) < 4.78 is 38.8. The summed E-state index contributed by atoms with van der Waals surface area (Å²) in [5.74, 6) is 0.661. The number of nitrogens with one attached hydrogen (secondary N) is 1. The number of aromatic nitrogens is 3. The van der Waals surface area contributed by atoms with Crippen molar-refractivity contribution in [1.82, 2.24) is 14.4 Å². The molecule has 2 rings (SSSR count). The molecule has 1 N–H and O–H groups in total. The Morgan fingerprint density at radius 2 is 2.17 bits per heavy atom. The third-order valence-electron chi connectivity index (χ3n) is 2.39. The molecule has 0 saturated heterocycles. The lowest BCUT2D eigenvalue weighted by Gasteiger charge is -2.20. The Labute approximate surface area is 101 Å². The zero-order valence-corrected chi connectivity index (χ0v) is 9.86. The van der Waals surface area contributed by atoms with Gasteiger partial charge in [0.1, 0.15) is 12.4 Å². The highest BCUT2D eigenvalue weighted by atomic mass is 19.4. The van der Waals surface area contributed by atoms with Gasteiger partial charge in [-0.2, -0.15) is 13.2 Å². The van der Waals surface area contributed by atoms with Crippen LogP contribution < -0.4 is 10.2 Å². The molecule has 0 radical (unpaired) electrons. The minimum absolute atomic E-state index is 0.184. The standard InChI is InChI=1S/C10H12F3N5/c1-14-7-5-18-4-3-15-8(18)9(16-7)17(2)6-10(11,12)13/h3-5,14H,6H2,1-2H3. The van der Waals surface area contributed by atoms with Crippen LogP contribution >= 0.6 is 0 Å². The van der Waals surface area contributed by atoms with Crippen LogP contribution in [0.4, 0.5) is 24.8 Å². The van der Waals surface area contributed by atoms with E-state index in [1.54, 1.807) is 23.8 Å². The topological polar surface area (TPSA) is 45.5 Å². The highest BCUT2D eigenvalue weighted by molar-refractivity contribution is 5.66. The van der Waals surface area contributed by atoms with E-state index in [0.29, 0.717) is 11.5 Å². The maximum absolute atomic E-state index is 12.4. The number of imidazole rings is 1. The Kier molecular flexibility index (Phi) is 3.02. The fourth-order valence-electron chi connectivity index (χ4n) is 1.64. The Morgan fingerprint density at radius 1 is 1.44 bits per heavy atom. The van der Waals surface area contributed by atoms with E-state index in [2.05, 4.69) is 15.3 Å². The van der Waals surface area contributed by atoms with Crippen molar-refractivity contribution in [3.63, 3.8) is 0 Å². The van der Waals surface area contributed by atoms with E-state index in [1.165, 1.54) is 13.2 Å². The van der Waals surface area contributed by atoms with Gasteiger partial charge in [-0.25, -0.2) is 9.97 Å². The second kappa shape index (κ2) is 4.35. The zero-order valence-electron chi connectivity index (χ0n) is 9.86. The van der Waals surface area contributed by atoms with Gasteiger partial charge in [-0.05, 0) is 0 Å². The Bertz CT molecular complexity index is 548. The summed E-state index contributed by atoms with van der Waals surface area (Å²) in [5.41, 5.74) is 0.390. The van der Waals surface area contributed by atoms with E-state index >= 15 is 0 Å². The molecular weight excluding hydrogens is 247 g/mol. The third-order valence-corrected chi connectivity index (χ3v) is 2.39. The number of halogens is 3. The van der Waals surface area contributed by atoms with Gasteiger partial charge in [-0.1, -0.05) is 0 Å². The van der Waals surface area contributed by atoms with Crippen molar-refractivity contribution in [2.45, 2.75) is 6.18 Å². The Hall–Kier alpha value is -1.99. The Balaban J connectivity index is 2.45. The van der Waals surface area contributed by atoms with E-state index in [9.17, 15) is 13.2 Å². The largest absolute Gasteiger partial charge is 0.405 e. The van der Waals surface area contributed by atoms with Crippen LogP contribution in [0.25, 0.3) is 5.65 Å². The van der Waals surface area contributed by atoms with E-state index in [0.717, 1.165) is 4.90 Å². The van der Waals surface area contributed by atoms with Crippen LogP contribution in [0.2, 0.25) is 0 Å². The molecule has 0 fully saturated rings. The zero-order chi connectivity index (χ0) is 13.3. The molecule has 5 nitrogen and oxygen atoms in total. The summed E-state index contributed by atoms with van der Waals surface area (Å²) in [6.07, 6.45) is 0.549. The first-order chi connectivity index (χ1) is 8.40. The maximum atomic E-state index is 12.4. The van der Waals surface area contributed by atoms with Crippen LogP contribution in [0.15, 0.2) is 18.6 Å². The van der Waals surface area contributed by atoms with Crippen LogP contribution in [0.5, 0.6) is 0 Å². The highest BCUT2D eigenvalue weighted by Crippen LogP contribution is 2.23. The molecule has 2 aromatic heterocycles. The summed E-state index contributed by atoms with van der Waals surface area (Å²) >= 11 is 0. The molecule has 0 aliphatic heterocycles. The van der Waals surface area contributed by atoms with Crippen LogP contribution in [-0.4, -0.2) is 41.2 Å². The number of anilines is 2. The van der Waals surface area contributed by atoms with Crippen molar-refractivity contribution in [1.29, 1.82) is 0 Å². The molecule has 0 saturated carbocycles. The first-order valence-corrected chi connectivity index (χ1v) is 5.20. The van der Waals surface area contributed by atoms with E-state index in [4.69, 9.17) is 0 Å². The SMILES string of the molecule is CNc1cn2ccnc2c(N(C)CC(F)(F)F)n1. The predicted octanol–water partition coefficient (Wildman–Crippen LogP) is 1.77. The maximum Gasteiger partial charge on any atom is 0.405 e. The van der Waals surface area contributed by atoms with Crippen molar-refractivity contribution >= 4 is 17.3 Å². The molecule has 0 atom stereocenters. The van der Waals surface area contributed by atoms with E-state index in [1.807, 2.05) is 0 Å². The lowest BCUT2D eigenvalue weighted by Crippen LogP contribution is -2.32. The van der Waals surface area contributed by atoms with Crippen LogP contribution in [0.3, 0.4) is 0 Å². The van der Waals surface area contributed by atoms with Crippen molar-refractivity contribution in [3.8, 4) is 0 Å². The fraction of sp³-hybridized carbons (Fsp3) is 0.400. The third kappa shape index (κ3) is 2.47. The molecule has 2 heterocycles. The molecular formula is C10H12F3N5. The molecule has 18 heavy (non-hydrogen) atoms. The minimum atomic E-state index is -4.28. The number of nitrogens with zero attached hydrogens (tertiary/aromatic N) is 4. The van der Waals surface area contributed by atoms with Gasteiger partial charge in [0.15, 0.2) is 11.5 Å². The average Bonchev–Trinajstić information content (AvgIpc) is 2.72. The van der Waals surface area contributed by atoms with Crippen molar-refractivity contribution in [2.24, 2.45) is 0 Å². The van der Waals surface area contributed by atoms with Crippen LogP contribution in [0, 0.1) is 0 Å². The van der Waals surface area contributed by atoms with Crippen molar-refractivity contribution < 1.29 is 13.2 Å². The second-order valence-electron chi connectivity index (χ2n) is 3.83. The highest BCUT2D eigenvalue weighted by Gasteiger charge is 2.30. The van der Waals surface area contributed by atoms with Crippen molar-refractivity contribution in [3.05, 3.63) is 18.6 Å². The van der Waals surface area contributed by atoms with Crippen LogP contribution in [0.1, 0.15) is 0 Å². The lowest BCUT2D eigenvalue weighted by molar-refractivity contribution is -0.119. The number of fused-ring (bicyclic) bond motifs is 1. The summed E-state index contributed by atoms with van der Waals surface area (Å²) in [7, 11) is 2.99. The second-order valence-corrected chi connectivity index (χ2v) is 3.83. The summed E-state index contributed by atoms with van der Waals surface area (Å²) in [5, 5.41) is 2.80. The summed E-state index contributed by atoms with van der Waals surface area (Å²) in [6.45, 7) is -1.07. The molecule has 0 unspecified atom stereocenters. The van der Waals surface area contributed by atoms with Gasteiger partial charge in [0.2, 0.25) is 0 Å². The molecule has 0 spiro atoms. The van der Waals surface area contributed by atoms with Crippen LogP contribution in [-0.2, 0) is 0 Å². The van der Waals surface area contributed by atoms with Gasteiger partial charge in [-0.3, -0.25) is 0 Å². The number of rotatable bonds is 3. The molecule has 8 heteroatoms. The monoisotopic (exact) mass is 259 g/mol. The normalized spacial score (nSPS) is 11.8. The Morgan fingerprint density at radius 3 is 2.78 bits per heavy atom. The lowest BCUT2D eigenvalue weighted by atomic mass is 10.4. The van der Waals surface area contributed by atoms with Gasteiger partial charge < -0.3 is 14.6 Å². The first kappa shape index (κ1) is 12.5. The summed E-state index contributed by atoms with van der Waals surface area (Å²) in [4.78, 5) is 9.15. The molecule has 0 amide bonds. The van der Waals surface area contributed by atoms with E-state index < -0.39 is 12.7 Å². The minimum Gasteiger partial charge on any atom is -0.372 e. The molecule has 0 aliphatic carbocycles. The average molecular weight is 259 g/mol. The molecule has 98 valence electrons. The van der Waals surface area contributed by atoms with Gasteiger partial charge in [0.25, 0.3) is 0 Å². The molecule has 0 aromatic carbocycles. The smallest absolute Gasteiger partial charge is 0.372 e. The van der Waals surface area contributed by atoms with E-state index in [-0.39, 0.29) is 5.82 Å². The number of hydrogen-bond donors (Lipinski definition) is 1. The fourth-order valence-corrected chi connectivity index (χ4v) is 1.64. The van der Waals surface area contributed by atoms with Crippen molar-refractivity contribution in [2.75, 3.05) is 30.9 Å². The predicted molar refractivity (Wildman–Crippen MR) is 61.9 cm³/mol. The quantitative estimate of drug-likeness (QED) is 0.912. The summed E-state index contributed by atoms with van der Waals surface area (Å²) in [6, 6.07) is 0. The van der Waals surface area contributed by atoms with Gasteiger partial charge >= 0.3 is 6.18 Å². The molecule has 0 bridgehead atoms. The number of hydrogen-bond acceptors (Lipinski definition) is 4. The molecule has 2 aromatic rings. The first-order valence-electron chi connectivity index (χ1n) is 5.20.